The van der Waals surface area contributed by atoms with E-state index in [4.69, 9.17) is 5.26 Å². The predicted molar refractivity (Wildman–Crippen MR) is 95.6 cm³/mol. The van der Waals surface area contributed by atoms with Gasteiger partial charge in [-0.2, -0.15) is 5.26 Å². The zero-order valence-corrected chi connectivity index (χ0v) is 13.4. The van der Waals surface area contributed by atoms with E-state index in [1.807, 2.05) is 54.6 Å². The van der Waals surface area contributed by atoms with Crippen molar-refractivity contribution in [1.29, 1.82) is 5.26 Å². The molecule has 0 aliphatic rings. The molecule has 0 aliphatic carbocycles. The highest BCUT2D eigenvalue weighted by atomic mass is 16.2. The van der Waals surface area contributed by atoms with E-state index in [1.165, 1.54) is 0 Å². The SMILES string of the molecule is CN(Cc1ccc(C#N)cc1)C(=O)Nc1ccc2ccccc2c1. The van der Waals surface area contributed by atoms with Crippen LogP contribution >= 0.6 is 0 Å². The summed E-state index contributed by atoms with van der Waals surface area (Å²) in [5.41, 5.74) is 2.36. The number of anilines is 1. The molecule has 4 nitrogen and oxygen atoms in total. The Morgan fingerprint density at radius 1 is 1.04 bits per heavy atom. The fourth-order valence-corrected chi connectivity index (χ4v) is 2.52. The van der Waals surface area contributed by atoms with Crippen LogP contribution in [0.15, 0.2) is 66.7 Å². The average Bonchev–Trinajstić information content (AvgIpc) is 2.62. The van der Waals surface area contributed by atoms with Gasteiger partial charge in [0.1, 0.15) is 0 Å². The highest BCUT2D eigenvalue weighted by Crippen LogP contribution is 2.19. The minimum Gasteiger partial charge on any atom is -0.323 e. The second-order valence-electron chi connectivity index (χ2n) is 5.66. The number of hydrogen-bond donors (Lipinski definition) is 1. The van der Waals surface area contributed by atoms with Crippen LogP contribution in [0.3, 0.4) is 0 Å². The number of hydrogen-bond acceptors (Lipinski definition) is 2. The van der Waals surface area contributed by atoms with Crippen LogP contribution in [-0.4, -0.2) is 18.0 Å². The first kappa shape index (κ1) is 15.6. The zero-order valence-electron chi connectivity index (χ0n) is 13.4. The van der Waals surface area contributed by atoms with Crippen molar-refractivity contribution in [2.24, 2.45) is 0 Å². The summed E-state index contributed by atoms with van der Waals surface area (Å²) >= 11 is 0. The van der Waals surface area contributed by atoms with E-state index in [0.717, 1.165) is 22.0 Å². The lowest BCUT2D eigenvalue weighted by Crippen LogP contribution is -2.30. The van der Waals surface area contributed by atoms with E-state index < -0.39 is 0 Å². The molecule has 0 fully saturated rings. The predicted octanol–water partition coefficient (Wildman–Crippen LogP) is 4.38. The van der Waals surface area contributed by atoms with Gasteiger partial charge in [-0.25, -0.2) is 4.79 Å². The molecule has 3 aromatic rings. The second-order valence-corrected chi connectivity index (χ2v) is 5.66. The van der Waals surface area contributed by atoms with Crippen LogP contribution in [0.5, 0.6) is 0 Å². The molecule has 0 atom stereocenters. The van der Waals surface area contributed by atoms with Gasteiger partial charge in [0.25, 0.3) is 0 Å². The first-order valence-corrected chi connectivity index (χ1v) is 7.66. The minimum atomic E-state index is -0.172. The largest absolute Gasteiger partial charge is 0.323 e. The standard InChI is InChI=1S/C20H17N3O/c1-23(14-16-8-6-15(13-21)7-9-16)20(24)22-19-11-10-17-4-2-3-5-18(17)12-19/h2-12H,14H2,1H3,(H,22,24). The molecule has 0 aliphatic heterocycles. The quantitative estimate of drug-likeness (QED) is 0.780. The highest BCUT2D eigenvalue weighted by molar-refractivity contribution is 5.93. The summed E-state index contributed by atoms with van der Waals surface area (Å²) in [6.45, 7) is 0.477. The van der Waals surface area contributed by atoms with E-state index in [-0.39, 0.29) is 6.03 Å². The fourth-order valence-electron chi connectivity index (χ4n) is 2.52. The molecular formula is C20H17N3O. The molecule has 24 heavy (non-hydrogen) atoms. The van der Waals surface area contributed by atoms with Crippen molar-refractivity contribution in [3.63, 3.8) is 0 Å². The fraction of sp³-hybridized carbons (Fsp3) is 0.100. The number of carbonyl (C=O) groups excluding carboxylic acids is 1. The summed E-state index contributed by atoms with van der Waals surface area (Å²) in [6.07, 6.45) is 0. The van der Waals surface area contributed by atoms with Gasteiger partial charge in [0.2, 0.25) is 0 Å². The van der Waals surface area contributed by atoms with Gasteiger partial charge in [-0.15, -0.1) is 0 Å². The highest BCUT2D eigenvalue weighted by Gasteiger charge is 2.09. The number of nitrogens with one attached hydrogen (secondary N) is 1. The summed E-state index contributed by atoms with van der Waals surface area (Å²) in [5.74, 6) is 0. The second kappa shape index (κ2) is 6.84. The topological polar surface area (TPSA) is 56.1 Å². The Morgan fingerprint density at radius 3 is 2.46 bits per heavy atom. The van der Waals surface area contributed by atoms with E-state index in [2.05, 4.69) is 11.4 Å². The molecule has 0 unspecified atom stereocenters. The van der Waals surface area contributed by atoms with E-state index in [9.17, 15) is 4.79 Å². The van der Waals surface area contributed by atoms with Crippen LogP contribution in [-0.2, 0) is 6.54 Å². The minimum absolute atomic E-state index is 0.172. The van der Waals surface area contributed by atoms with Crippen LogP contribution in [0.2, 0.25) is 0 Å². The number of fused-ring (bicyclic) bond motifs is 1. The van der Waals surface area contributed by atoms with Gasteiger partial charge >= 0.3 is 6.03 Å². The summed E-state index contributed by atoms with van der Waals surface area (Å²) in [5, 5.41) is 14.0. The van der Waals surface area contributed by atoms with Crippen LogP contribution in [0.1, 0.15) is 11.1 Å². The normalized spacial score (nSPS) is 10.2. The van der Waals surface area contributed by atoms with Crippen molar-refractivity contribution in [2.45, 2.75) is 6.54 Å². The van der Waals surface area contributed by atoms with E-state index in [1.54, 1.807) is 24.1 Å². The van der Waals surface area contributed by atoms with Gasteiger partial charge in [-0.3, -0.25) is 0 Å². The smallest absolute Gasteiger partial charge is 0.321 e. The molecule has 0 radical (unpaired) electrons. The molecule has 4 heteroatoms. The molecule has 0 spiro atoms. The van der Waals surface area contributed by atoms with E-state index >= 15 is 0 Å². The number of nitriles is 1. The maximum absolute atomic E-state index is 12.3. The van der Waals surface area contributed by atoms with Gasteiger partial charge in [-0.1, -0.05) is 42.5 Å². The molecule has 1 N–H and O–H groups in total. The Hall–Kier alpha value is -3.32. The number of nitrogens with zero attached hydrogens (tertiary/aromatic N) is 2. The Balaban J connectivity index is 1.67. The Kier molecular flexibility index (Phi) is 4.44. The molecule has 118 valence electrons. The third-order valence-electron chi connectivity index (χ3n) is 3.85. The summed E-state index contributed by atoms with van der Waals surface area (Å²) in [7, 11) is 1.74. The van der Waals surface area contributed by atoms with Gasteiger partial charge in [-0.05, 0) is 40.6 Å². The Bertz CT molecular complexity index is 910. The number of urea groups is 1. The lowest BCUT2D eigenvalue weighted by molar-refractivity contribution is 0.220. The summed E-state index contributed by atoms with van der Waals surface area (Å²) in [4.78, 5) is 13.9. The molecule has 0 saturated carbocycles. The first-order valence-electron chi connectivity index (χ1n) is 7.66. The summed E-state index contributed by atoms with van der Waals surface area (Å²) < 4.78 is 0. The Labute approximate surface area is 140 Å². The first-order chi connectivity index (χ1) is 11.7. The third kappa shape index (κ3) is 3.53. The number of benzene rings is 3. The summed E-state index contributed by atoms with van der Waals surface area (Å²) in [6, 6.07) is 23.0. The molecule has 0 bridgehead atoms. The molecule has 3 aromatic carbocycles. The molecule has 0 saturated heterocycles. The lowest BCUT2D eigenvalue weighted by atomic mass is 10.1. The third-order valence-corrected chi connectivity index (χ3v) is 3.85. The van der Waals surface area contributed by atoms with Gasteiger partial charge in [0.05, 0.1) is 11.6 Å². The van der Waals surface area contributed by atoms with Crippen LogP contribution < -0.4 is 5.32 Å². The Morgan fingerprint density at radius 2 is 1.75 bits per heavy atom. The van der Waals surface area contributed by atoms with Crippen LogP contribution in [0.25, 0.3) is 10.8 Å². The molecule has 2 amide bonds. The molecule has 0 aromatic heterocycles. The number of carbonyl (C=O) groups is 1. The molecule has 0 heterocycles. The monoisotopic (exact) mass is 315 g/mol. The maximum Gasteiger partial charge on any atom is 0.321 e. The van der Waals surface area contributed by atoms with Crippen LogP contribution in [0.4, 0.5) is 10.5 Å². The van der Waals surface area contributed by atoms with Crippen molar-refractivity contribution < 1.29 is 4.79 Å². The molecule has 3 rings (SSSR count). The average molecular weight is 315 g/mol. The van der Waals surface area contributed by atoms with Crippen LogP contribution in [0, 0.1) is 11.3 Å². The maximum atomic E-state index is 12.3. The van der Waals surface area contributed by atoms with Gasteiger partial charge in [0, 0.05) is 19.3 Å². The molecular weight excluding hydrogens is 298 g/mol. The zero-order chi connectivity index (χ0) is 16.9. The van der Waals surface area contributed by atoms with Crippen molar-refractivity contribution >= 4 is 22.5 Å². The number of rotatable bonds is 3. The number of amides is 2. The van der Waals surface area contributed by atoms with Crippen molar-refractivity contribution in [3.05, 3.63) is 77.9 Å². The van der Waals surface area contributed by atoms with E-state index in [0.29, 0.717) is 12.1 Å². The van der Waals surface area contributed by atoms with Crippen molar-refractivity contribution in [2.75, 3.05) is 12.4 Å². The lowest BCUT2D eigenvalue weighted by Gasteiger charge is -2.18. The van der Waals surface area contributed by atoms with Crippen molar-refractivity contribution in [3.8, 4) is 6.07 Å². The van der Waals surface area contributed by atoms with Gasteiger partial charge in [0.15, 0.2) is 0 Å². The van der Waals surface area contributed by atoms with Crippen molar-refractivity contribution in [1.82, 2.24) is 4.90 Å². The van der Waals surface area contributed by atoms with Gasteiger partial charge < -0.3 is 10.2 Å².